The molecule has 0 saturated heterocycles. The predicted octanol–water partition coefficient (Wildman–Crippen LogP) is 3.51. The third-order valence-corrected chi connectivity index (χ3v) is 3.25. The van der Waals surface area contributed by atoms with E-state index in [0.717, 1.165) is 12.2 Å². The van der Waals surface area contributed by atoms with Crippen molar-refractivity contribution in [3.63, 3.8) is 0 Å². The topological polar surface area (TPSA) is 52.4 Å². The number of hydrogen-bond acceptors (Lipinski definition) is 4. The van der Waals surface area contributed by atoms with Crippen LogP contribution in [-0.2, 0) is 0 Å². The quantitative estimate of drug-likeness (QED) is 0.425. The van der Waals surface area contributed by atoms with Crippen LogP contribution >= 0.6 is 11.8 Å². The van der Waals surface area contributed by atoms with Crippen LogP contribution in [0, 0.1) is 10.1 Å². The second kappa shape index (κ2) is 7.17. The molecule has 0 fully saturated rings. The molecule has 94 valence electrons. The zero-order chi connectivity index (χ0) is 12.7. The smallest absolute Gasteiger partial charge is 0.269 e. The van der Waals surface area contributed by atoms with E-state index in [1.54, 1.807) is 12.1 Å². The van der Waals surface area contributed by atoms with Gasteiger partial charge in [0.25, 0.3) is 5.69 Å². The normalized spacial score (nSPS) is 10.5. The Kier molecular flexibility index (Phi) is 5.83. The molecule has 17 heavy (non-hydrogen) atoms. The first-order valence-electron chi connectivity index (χ1n) is 5.58. The molecule has 0 aliphatic rings. The minimum absolute atomic E-state index is 0.0905. The molecular formula is C12H17NO3S. The lowest BCUT2D eigenvalue weighted by atomic mass is 10.3. The molecule has 0 atom stereocenters. The Hall–Kier alpha value is -1.23. The second-order valence-corrected chi connectivity index (χ2v) is 5.56. The molecule has 0 spiro atoms. The van der Waals surface area contributed by atoms with E-state index in [0.29, 0.717) is 17.6 Å². The highest BCUT2D eigenvalue weighted by molar-refractivity contribution is 7.99. The fourth-order valence-corrected chi connectivity index (χ4v) is 1.99. The van der Waals surface area contributed by atoms with Gasteiger partial charge in [0.15, 0.2) is 0 Å². The van der Waals surface area contributed by atoms with E-state index in [4.69, 9.17) is 4.74 Å². The summed E-state index contributed by atoms with van der Waals surface area (Å²) in [6, 6.07) is 6.18. The maximum Gasteiger partial charge on any atom is 0.269 e. The van der Waals surface area contributed by atoms with Crippen molar-refractivity contribution < 1.29 is 9.66 Å². The molecule has 0 bridgehead atoms. The van der Waals surface area contributed by atoms with Crippen LogP contribution in [0.3, 0.4) is 0 Å². The Bertz CT molecular complexity index is 351. The van der Waals surface area contributed by atoms with Crippen molar-refractivity contribution in [2.24, 2.45) is 0 Å². The van der Waals surface area contributed by atoms with Gasteiger partial charge in [-0.25, -0.2) is 0 Å². The van der Waals surface area contributed by atoms with E-state index in [9.17, 15) is 10.1 Å². The number of hydrogen-bond donors (Lipinski definition) is 0. The molecule has 0 radical (unpaired) electrons. The van der Waals surface area contributed by atoms with Gasteiger partial charge >= 0.3 is 0 Å². The molecule has 0 N–H and O–H groups in total. The van der Waals surface area contributed by atoms with Crippen LogP contribution in [0.1, 0.15) is 20.3 Å². The summed E-state index contributed by atoms with van der Waals surface area (Å²) in [5.41, 5.74) is 0.0905. The first-order chi connectivity index (χ1) is 8.09. The van der Waals surface area contributed by atoms with Gasteiger partial charge in [0.05, 0.1) is 11.5 Å². The lowest BCUT2D eigenvalue weighted by molar-refractivity contribution is -0.384. The zero-order valence-electron chi connectivity index (χ0n) is 10.1. The molecule has 0 aromatic heterocycles. The molecule has 1 aromatic carbocycles. The van der Waals surface area contributed by atoms with Crippen LogP contribution in [0.4, 0.5) is 5.69 Å². The van der Waals surface area contributed by atoms with Crippen molar-refractivity contribution in [1.29, 1.82) is 0 Å². The van der Waals surface area contributed by atoms with Crippen LogP contribution in [0.5, 0.6) is 5.75 Å². The minimum Gasteiger partial charge on any atom is -0.494 e. The van der Waals surface area contributed by atoms with E-state index in [1.807, 2.05) is 11.8 Å². The maximum absolute atomic E-state index is 10.4. The van der Waals surface area contributed by atoms with Gasteiger partial charge in [-0.2, -0.15) is 11.8 Å². The number of non-ortho nitro benzene ring substituents is 1. The average Bonchev–Trinajstić information content (AvgIpc) is 2.29. The Labute approximate surface area is 106 Å². The second-order valence-electron chi connectivity index (χ2n) is 3.87. The number of nitro benzene ring substituents is 1. The highest BCUT2D eigenvalue weighted by Gasteiger charge is 2.04. The average molecular weight is 255 g/mol. The molecule has 0 unspecified atom stereocenters. The van der Waals surface area contributed by atoms with Crippen LogP contribution in [0.15, 0.2) is 24.3 Å². The van der Waals surface area contributed by atoms with Crippen molar-refractivity contribution in [2.45, 2.75) is 25.5 Å². The van der Waals surface area contributed by atoms with Crippen molar-refractivity contribution in [3.8, 4) is 5.75 Å². The number of rotatable bonds is 7. The summed E-state index contributed by atoms with van der Waals surface area (Å²) < 4.78 is 5.49. The maximum atomic E-state index is 10.4. The molecule has 0 aliphatic carbocycles. The van der Waals surface area contributed by atoms with Crippen LogP contribution in [0.2, 0.25) is 0 Å². The molecule has 1 aromatic rings. The van der Waals surface area contributed by atoms with E-state index in [-0.39, 0.29) is 5.69 Å². The van der Waals surface area contributed by atoms with Gasteiger partial charge in [-0.05, 0) is 29.6 Å². The summed E-state index contributed by atoms with van der Waals surface area (Å²) in [5.74, 6) is 1.76. The Balaban J connectivity index is 2.25. The molecule has 0 aliphatic heterocycles. The molecule has 0 saturated carbocycles. The predicted molar refractivity (Wildman–Crippen MR) is 70.8 cm³/mol. The van der Waals surface area contributed by atoms with E-state index < -0.39 is 4.92 Å². The third-order valence-electron chi connectivity index (χ3n) is 2.06. The number of thioether (sulfide) groups is 1. The zero-order valence-corrected chi connectivity index (χ0v) is 10.9. The van der Waals surface area contributed by atoms with Gasteiger partial charge < -0.3 is 4.74 Å². The molecular weight excluding hydrogens is 238 g/mol. The Morgan fingerprint density at radius 2 is 2.00 bits per heavy atom. The van der Waals surface area contributed by atoms with Crippen molar-refractivity contribution in [2.75, 3.05) is 12.4 Å². The van der Waals surface area contributed by atoms with Gasteiger partial charge in [0.1, 0.15) is 5.75 Å². The van der Waals surface area contributed by atoms with Gasteiger partial charge in [-0.15, -0.1) is 0 Å². The molecule has 5 heteroatoms. The minimum atomic E-state index is -0.414. The van der Waals surface area contributed by atoms with E-state index in [1.165, 1.54) is 12.1 Å². The van der Waals surface area contributed by atoms with Gasteiger partial charge in [0.2, 0.25) is 0 Å². The van der Waals surface area contributed by atoms with Crippen LogP contribution < -0.4 is 4.74 Å². The monoisotopic (exact) mass is 255 g/mol. The Morgan fingerprint density at radius 1 is 1.35 bits per heavy atom. The number of benzene rings is 1. The van der Waals surface area contributed by atoms with Crippen molar-refractivity contribution >= 4 is 17.4 Å². The first-order valence-corrected chi connectivity index (χ1v) is 6.63. The number of nitrogens with zero attached hydrogens (tertiary/aromatic N) is 1. The summed E-state index contributed by atoms with van der Waals surface area (Å²) in [6.45, 7) is 4.99. The molecule has 0 amide bonds. The third kappa shape index (κ3) is 5.58. The molecule has 4 nitrogen and oxygen atoms in total. The fraction of sp³-hybridized carbons (Fsp3) is 0.500. The van der Waals surface area contributed by atoms with Gasteiger partial charge in [0, 0.05) is 12.1 Å². The van der Waals surface area contributed by atoms with E-state index >= 15 is 0 Å². The highest BCUT2D eigenvalue weighted by atomic mass is 32.2. The summed E-state index contributed by atoms with van der Waals surface area (Å²) in [5, 5.41) is 11.1. The highest BCUT2D eigenvalue weighted by Crippen LogP contribution is 2.17. The first kappa shape index (κ1) is 13.8. The van der Waals surface area contributed by atoms with E-state index in [2.05, 4.69) is 13.8 Å². The Morgan fingerprint density at radius 3 is 2.53 bits per heavy atom. The molecule has 1 rings (SSSR count). The van der Waals surface area contributed by atoms with Gasteiger partial charge in [-0.1, -0.05) is 13.8 Å². The lowest BCUT2D eigenvalue weighted by Crippen LogP contribution is -2.00. The SMILES string of the molecule is CC(C)SCCCOc1ccc([N+](=O)[O-])cc1. The standard InChI is InChI=1S/C12H17NO3S/c1-10(2)17-9-3-8-16-12-6-4-11(5-7-12)13(14)15/h4-7,10H,3,8-9H2,1-2H3. The fourth-order valence-electron chi connectivity index (χ4n) is 1.23. The molecule has 0 heterocycles. The van der Waals surface area contributed by atoms with Crippen molar-refractivity contribution in [3.05, 3.63) is 34.4 Å². The summed E-state index contributed by atoms with van der Waals surface area (Å²) in [6.07, 6.45) is 0.986. The summed E-state index contributed by atoms with van der Waals surface area (Å²) in [7, 11) is 0. The number of nitro groups is 1. The number of ether oxygens (including phenoxy) is 1. The van der Waals surface area contributed by atoms with Gasteiger partial charge in [-0.3, -0.25) is 10.1 Å². The summed E-state index contributed by atoms with van der Waals surface area (Å²) in [4.78, 5) is 10.0. The largest absolute Gasteiger partial charge is 0.494 e. The van der Waals surface area contributed by atoms with Crippen LogP contribution in [-0.4, -0.2) is 22.5 Å². The van der Waals surface area contributed by atoms with Crippen LogP contribution in [0.25, 0.3) is 0 Å². The lowest BCUT2D eigenvalue weighted by Gasteiger charge is -2.07. The van der Waals surface area contributed by atoms with Crippen molar-refractivity contribution in [1.82, 2.24) is 0 Å². The summed E-state index contributed by atoms with van der Waals surface area (Å²) >= 11 is 1.90.